The largest absolute Gasteiger partial charge is 0.492 e. The fourth-order valence-electron chi connectivity index (χ4n) is 3.11. The quantitative estimate of drug-likeness (QED) is 0.829. The number of hydrogen-bond acceptors (Lipinski definition) is 3. The van der Waals surface area contributed by atoms with Crippen LogP contribution in [-0.2, 0) is 6.54 Å². The third-order valence-corrected chi connectivity index (χ3v) is 4.11. The van der Waals surface area contributed by atoms with Gasteiger partial charge in [-0.15, -0.1) is 0 Å². The van der Waals surface area contributed by atoms with Crippen molar-refractivity contribution < 1.29 is 4.74 Å². The second-order valence-corrected chi connectivity index (χ2v) is 6.02. The Morgan fingerprint density at radius 2 is 2.25 bits per heavy atom. The van der Waals surface area contributed by atoms with Crippen molar-refractivity contribution in [3.05, 3.63) is 29.8 Å². The lowest BCUT2D eigenvalue weighted by molar-refractivity contribution is 0.168. The Morgan fingerprint density at radius 3 is 3.00 bits per heavy atom. The Kier molecular flexibility index (Phi) is 5.86. The molecule has 0 saturated carbocycles. The molecule has 1 aromatic carbocycles. The number of nitrogens with one attached hydrogen (secondary N) is 1. The van der Waals surface area contributed by atoms with E-state index in [1.165, 1.54) is 24.9 Å². The minimum absolute atomic E-state index is 0.745. The smallest absolute Gasteiger partial charge is 0.119 e. The van der Waals surface area contributed by atoms with Gasteiger partial charge in [-0.1, -0.05) is 26.0 Å². The van der Waals surface area contributed by atoms with Crippen LogP contribution in [0.15, 0.2) is 24.3 Å². The molecule has 0 aliphatic carbocycles. The van der Waals surface area contributed by atoms with E-state index in [-0.39, 0.29) is 0 Å². The maximum Gasteiger partial charge on any atom is 0.119 e. The topological polar surface area (TPSA) is 24.5 Å². The maximum absolute atomic E-state index is 5.91. The van der Waals surface area contributed by atoms with Crippen LogP contribution in [0.3, 0.4) is 0 Å². The van der Waals surface area contributed by atoms with Crippen molar-refractivity contribution in [2.75, 3.05) is 26.7 Å². The molecule has 0 bridgehead atoms. The van der Waals surface area contributed by atoms with Crippen molar-refractivity contribution in [3.8, 4) is 5.75 Å². The fourth-order valence-corrected chi connectivity index (χ4v) is 3.11. The van der Waals surface area contributed by atoms with Crippen molar-refractivity contribution >= 4 is 0 Å². The number of ether oxygens (including phenoxy) is 1. The van der Waals surface area contributed by atoms with Gasteiger partial charge < -0.3 is 10.1 Å². The van der Waals surface area contributed by atoms with Gasteiger partial charge in [0.05, 0.1) is 0 Å². The van der Waals surface area contributed by atoms with Crippen molar-refractivity contribution in [3.63, 3.8) is 0 Å². The normalized spacial score (nSPS) is 19.7. The first-order valence-electron chi connectivity index (χ1n) is 7.81. The first-order valence-corrected chi connectivity index (χ1v) is 7.81. The van der Waals surface area contributed by atoms with E-state index in [9.17, 15) is 0 Å². The number of benzene rings is 1. The summed E-state index contributed by atoms with van der Waals surface area (Å²) < 4.78 is 5.91. The third kappa shape index (κ3) is 4.22. The molecule has 0 amide bonds. The summed E-state index contributed by atoms with van der Waals surface area (Å²) in [5.74, 6) is 1.73. The van der Waals surface area contributed by atoms with Crippen LogP contribution < -0.4 is 10.1 Å². The van der Waals surface area contributed by atoms with Crippen LogP contribution in [0.2, 0.25) is 0 Å². The van der Waals surface area contributed by atoms with Crippen molar-refractivity contribution in [1.82, 2.24) is 10.2 Å². The summed E-state index contributed by atoms with van der Waals surface area (Å²) >= 11 is 0. The van der Waals surface area contributed by atoms with E-state index < -0.39 is 0 Å². The zero-order chi connectivity index (χ0) is 14.4. The summed E-state index contributed by atoms with van der Waals surface area (Å²) in [7, 11) is 1.97. The lowest BCUT2D eigenvalue weighted by atomic mass is 10.0. The zero-order valence-electron chi connectivity index (χ0n) is 13.1. The standard InChI is InChI=1S/C17H28N2O/c1-14(2)17-8-5-9-19(17)10-11-20-16-7-4-6-15(12-16)13-18-3/h4,6-7,12,14,17-18H,5,8-11,13H2,1-3H3. The summed E-state index contributed by atoms with van der Waals surface area (Å²) in [6.07, 6.45) is 2.68. The average Bonchev–Trinajstić information content (AvgIpc) is 2.88. The van der Waals surface area contributed by atoms with Gasteiger partial charge in [-0.3, -0.25) is 4.90 Å². The lowest BCUT2D eigenvalue weighted by Gasteiger charge is -2.27. The summed E-state index contributed by atoms with van der Waals surface area (Å²) in [5.41, 5.74) is 1.27. The predicted octanol–water partition coefficient (Wildman–Crippen LogP) is 2.91. The van der Waals surface area contributed by atoms with Crippen LogP contribution in [-0.4, -0.2) is 37.7 Å². The molecule has 20 heavy (non-hydrogen) atoms. The lowest BCUT2D eigenvalue weighted by Crippen LogP contribution is -2.36. The molecule has 1 aliphatic heterocycles. The highest BCUT2D eigenvalue weighted by atomic mass is 16.5. The van der Waals surface area contributed by atoms with Gasteiger partial charge >= 0.3 is 0 Å². The predicted molar refractivity (Wildman–Crippen MR) is 84.1 cm³/mol. The van der Waals surface area contributed by atoms with Crippen LogP contribution in [0.5, 0.6) is 5.75 Å². The molecular weight excluding hydrogens is 248 g/mol. The summed E-state index contributed by atoms with van der Waals surface area (Å²) in [6.45, 7) is 8.59. The molecule has 3 heteroatoms. The Bertz CT molecular complexity index is 406. The van der Waals surface area contributed by atoms with E-state index in [4.69, 9.17) is 4.74 Å². The van der Waals surface area contributed by atoms with E-state index in [0.29, 0.717) is 0 Å². The second kappa shape index (κ2) is 7.65. The van der Waals surface area contributed by atoms with Crippen molar-refractivity contribution in [2.45, 2.75) is 39.3 Å². The van der Waals surface area contributed by atoms with Gasteiger partial charge in [-0.25, -0.2) is 0 Å². The molecule has 1 heterocycles. The van der Waals surface area contributed by atoms with Crippen molar-refractivity contribution in [2.24, 2.45) is 5.92 Å². The second-order valence-electron chi connectivity index (χ2n) is 6.02. The summed E-state index contributed by atoms with van der Waals surface area (Å²) in [5, 5.41) is 3.17. The number of likely N-dealkylation sites (tertiary alicyclic amines) is 1. The van der Waals surface area contributed by atoms with Crippen LogP contribution in [0, 0.1) is 5.92 Å². The molecule has 1 aliphatic rings. The van der Waals surface area contributed by atoms with Crippen LogP contribution in [0.1, 0.15) is 32.3 Å². The monoisotopic (exact) mass is 276 g/mol. The van der Waals surface area contributed by atoms with E-state index >= 15 is 0 Å². The van der Waals surface area contributed by atoms with Gasteiger partial charge in [0, 0.05) is 19.1 Å². The summed E-state index contributed by atoms with van der Waals surface area (Å²) in [6, 6.07) is 9.10. The Morgan fingerprint density at radius 1 is 1.40 bits per heavy atom. The van der Waals surface area contributed by atoms with Gasteiger partial charge in [0.25, 0.3) is 0 Å². The fraction of sp³-hybridized carbons (Fsp3) is 0.647. The van der Waals surface area contributed by atoms with Gasteiger partial charge in [-0.05, 0) is 50.0 Å². The molecule has 0 spiro atoms. The minimum Gasteiger partial charge on any atom is -0.492 e. The molecule has 1 aromatic rings. The van der Waals surface area contributed by atoms with Crippen LogP contribution in [0.25, 0.3) is 0 Å². The van der Waals surface area contributed by atoms with E-state index in [1.807, 2.05) is 13.1 Å². The number of hydrogen-bond donors (Lipinski definition) is 1. The van der Waals surface area contributed by atoms with Crippen LogP contribution in [0.4, 0.5) is 0 Å². The maximum atomic E-state index is 5.91. The van der Waals surface area contributed by atoms with Gasteiger partial charge in [-0.2, -0.15) is 0 Å². The first kappa shape index (κ1) is 15.3. The molecular formula is C17H28N2O. The molecule has 1 unspecified atom stereocenters. The molecule has 0 radical (unpaired) electrons. The molecule has 1 N–H and O–H groups in total. The van der Waals surface area contributed by atoms with E-state index in [0.717, 1.165) is 37.4 Å². The number of rotatable bonds is 7. The highest BCUT2D eigenvalue weighted by molar-refractivity contribution is 5.28. The number of nitrogens with zero attached hydrogens (tertiary/aromatic N) is 1. The minimum atomic E-state index is 0.745. The highest BCUT2D eigenvalue weighted by Gasteiger charge is 2.26. The zero-order valence-corrected chi connectivity index (χ0v) is 13.1. The molecule has 1 atom stereocenters. The van der Waals surface area contributed by atoms with E-state index in [2.05, 4.69) is 42.3 Å². The molecule has 112 valence electrons. The highest BCUT2D eigenvalue weighted by Crippen LogP contribution is 2.23. The summed E-state index contributed by atoms with van der Waals surface area (Å²) in [4.78, 5) is 2.59. The molecule has 3 nitrogen and oxygen atoms in total. The van der Waals surface area contributed by atoms with Gasteiger partial charge in [0.2, 0.25) is 0 Å². The third-order valence-electron chi connectivity index (χ3n) is 4.11. The van der Waals surface area contributed by atoms with E-state index in [1.54, 1.807) is 0 Å². The molecule has 1 saturated heterocycles. The van der Waals surface area contributed by atoms with Crippen LogP contribution >= 0.6 is 0 Å². The SMILES string of the molecule is CNCc1cccc(OCCN2CCCC2C(C)C)c1. The Labute approximate surface area is 123 Å². The molecule has 1 fully saturated rings. The van der Waals surface area contributed by atoms with Gasteiger partial charge in [0.1, 0.15) is 12.4 Å². The molecule has 2 rings (SSSR count). The Balaban J connectivity index is 1.79. The molecule has 0 aromatic heterocycles. The Hall–Kier alpha value is -1.06. The average molecular weight is 276 g/mol. The first-order chi connectivity index (χ1) is 9.70. The van der Waals surface area contributed by atoms with Crippen molar-refractivity contribution in [1.29, 1.82) is 0 Å². The van der Waals surface area contributed by atoms with Gasteiger partial charge in [0.15, 0.2) is 0 Å².